The van der Waals surface area contributed by atoms with Crippen molar-refractivity contribution in [1.82, 2.24) is 9.88 Å². The number of carbonyl (C=O) groups is 1. The summed E-state index contributed by atoms with van der Waals surface area (Å²) in [7, 11) is 1.51. The number of carbonyl (C=O) groups excluding carboxylic acids is 1. The highest BCUT2D eigenvalue weighted by atomic mass is 16.5. The van der Waals surface area contributed by atoms with E-state index in [1.54, 1.807) is 0 Å². The van der Waals surface area contributed by atoms with Crippen molar-refractivity contribution < 1.29 is 9.53 Å². The van der Waals surface area contributed by atoms with Gasteiger partial charge in [0.05, 0.1) is 12.8 Å². The third-order valence-electron chi connectivity index (χ3n) is 5.39. The van der Waals surface area contributed by atoms with Crippen molar-refractivity contribution in [3.63, 3.8) is 0 Å². The van der Waals surface area contributed by atoms with Crippen molar-refractivity contribution in [1.29, 1.82) is 0 Å². The molecule has 0 amide bonds. The minimum absolute atomic E-state index is 0.109. The van der Waals surface area contributed by atoms with Gasteiger partial charge in [-0.15, -0.1) is 0 Å². The molecule has 1 saturated heterocycles. The fraction of sp³-hybridized carbons (Fsp3) is 0.500. The summed E-state index contributed by atoms with van der Waals surface area (Å²) in [6.07, 6.45) is 5.26. The van der Waals surface area contributed by atoms with Gasteiger partial charge < -0.3 is 9.72 Å². The van der Waals surface area contributed by atoms with Gasteiger partial charge in [-0.1, -0.05) is 31.0 Å². The minimum atomic E-state index is -0.613. The molecule has 4 heteroatoms. The highest BCUT2D eigenvalue weighted by Gasteiger charge is 2.51. The number of rotatable bonds is 1. The predicted octanol–water partition coefficient (Wildman–Crippen LogP) is 2.97. The minimum Gasteiger partial charge on any atom is -0.467 e. The van der Waals surface area contributed by atoms with Crippen LogP contribution in [0.15, 0.2) is 24.3 Å². The average molecular weight is 298 g/mol. The maximum atomic E-state index is 12.8. The third kappa shape index (κ3) is 1.76. The van der Waals surface area contributed by atoms with Crippen LogP contribution in [0.1, 0.15) is 36.9 Å². The van der Waals surface area contributed by atoms with E-state index < -0.39 is 5.54 Å². The van der Waals surface area contributed by atoms with E-state index in [1.165, 1.54) is 24.5 Å². The lowest BCUT2D eigenvalue weighted by atomic mass is 9.81. The van der Waals surface area contributed by atoms with Crippen LogP contribution < -0.4 is 0 Å². The van der Waals surface area contributed by atoms with Gasteiger partial charge in [0.2, 0.25) is 0 Å². The number of aromatic amines is 1. The summed E-state index contributed by atoms with van der Waals surface area (Å²) in [6.45, 7) is 1.91. The summed E-state index contributed by atoms with van der Waals surface area (Å²) in [5.41, 5.74) is 2.90. The number of ether oxygens (including phenoxy) is 1. The largest absolute Gasteiger partial charge is 0.467 e. The smallest absolute Gasteiger partial charge is 0.332 e. The van der Waals surface area contributed by atoms with Crippen LogP contribution >= 0.6 is 0 Å². The van der Waals surface area contributed by atoms with Crippen molar-refractivity contribution in [2.45, 2.75) is 37.6 Å². The second kappa shape index (κ2) is 5.13. The lowest BCUT2D eigenvalue weighted by molar-refractivity contribution is -0.158. The summed E-state index contributed by atoms with van der Waals surface area (Å²) in [5, 5.41) is 1.25. The number of esters is 1. The van der Waals surface area contributed by atoms with Crippen LogP contribution in [0.4, 0.5) is 0 Å². The van der Waals surface area contributed by atoms with E-state index in [1.807, 2.05) is 6.07 Å². The Morgan fingerprint density at radius 2 is 2.09 bits per heavy atom. The fourth-order valence-corrected chi connectivity index (χ4v) is 4.36. The Bertz CT molecular complexity index is 721. The summed E-state index contributed by atoms with van der Waals surface area (Å²) in [4.78, 5) is 18.7. The van der Waals surface area contributed by atoms with Gasteiger partial charge >= 0.3 is 5.97 Å². The van der Waals surface area contributed by atoms with Gasteiger partial charge in [0.25, 0.3) is 0 Å². The van der Waals surface area contributed by atoms with E-state index in [4.69, 9.17) is 4.74 Å². The van der Waals surface area contributed by atoms with Crippen molar-refractivity contribution in [3.05, 3.63) is 35.5 Å². The zero-order valence-corrected chi connectivity index (χ0v) is 13.0. The van der Waals surface area contributed by atoms with Crippen LogP contribution in [0, 0.1) is 0 Å². The Hall–Kier alpha value is -1.81. The van der Waals surface area contributed by atoms with Gasteiger partial charge in [0.1, 0.15) is 0 Å². The molecular formula is C18H22N2O2. The van der Waals surface area contributed by atoms with E-state index in [-0.39, 0.29) is 5.97 Å². The van der Waals surface area contributed by atoms with Gasteiger partial charge in [-0.05, 0) is 37.4 Å². The molecule has 1 unspecified atom stereocenters. The molecule has 116 valence electrons. The van der Waals surface area contributed by atoms with Gasteiger partial charge in [0.15, 0.2) is 5.54 Å². The Balaban J connectivity index is 1.97. The maximum Gasteiger partial charge on any atom is 0.332 e. The molecule has 2 aliphatic heterocycles. The molecule has 0 saturated carbocycles. The molecule has 0 spiro atoms. The van der Waals surface area contributed by atoms with Crippen molar-refractivity contribution in [2.75, 3.05) is 20.2 Å². The molecule has 1 aromatic carbocycles. The molecule has 3 heterocycles. The van der Waals surface area contributed by atoms with Crippen LogP contribution in [0.25, 0.3) is 10.9 Å². The van der Waals surface area contributed by atoms with Gasteiger partial charge in [0, 0.05) is 17.4 Å². The quantitative estimate of drug-likeness (QED) is 0.823. The summed E-state index contributed by atoms with van der Waals surface area (Å²) >= 11 is 0. The molecule has 0 bridgehead atoms. The van der Waals surface area contributed by atoms with Crippen LogP contribution in [0.2, 0.25) is 0 Å². The van der Waals surface area contributed by atoms with Crippen molar-refractivity contribution in [3.8, 4) is 0 Å². The molecule has 0 aliphatic carbocycles. The standard InChI is InChI=1S/C18H22N2O2/c1-22-17(21)18-10-5-2-6-11-20(18)12-9-14-13-7-3-4-8-15(13)19-16(14)18/h3-4,7-8,19H,2,5-6,9-12H2,1H3. The molecule has 1 N–H and O–H groups in total. The number of H-pyrrole nitrogens is 1. The molecule has 22 heavy (non-hydrogen) atoms. The number of nitrogens with zero attached hydrogens (tertiary/aromatic N) is 1. The van der Waals surface area contributed by atoms with E-state index in [0.717, 1.165) is 50.0 Å². The molecule has 4 rings (SSSR count). The zero-order valence-electron chi connectivity index (χ0n) is 13.0. The van der Waals surface area contributed by atoms with Gasteiger partial charge in [-0.2, -0.15) is 0 Å². The van der Waals surface area contributed by atoms with Gasteiger partial charge in [-0.3, -0.25) is 4.90 Å². The topological polar surface area (TPSA) is 45.3 Å². The monoisotopic (exact) mass is 298 g/mol. The van der Waals surface area contributed by atoms with Crippen LogP contribution in [0.5, 0.6) is 0 Å². The number of fused-ring (bicyclic) bond motifs is 5. The summed E-state index contributed by atoms with van der Waals surface area (Å²) < 4.78 is 5.26. The molecule has 4 nitrogen and oxygen atoms in total. The number of benzene rings is 1. The Labute approximate surface area is 130 Å². The summed E-state index contributed by atoms with van der Waals surface area (Å²) in [6, 6.07) is 8.36. The first-order valence-corrected chi connectivity index (χ1v) is 8.21. The molecule has 0 radical (unpaired) electrons. The number of hydrogen-bond acceptors (Lipinski definition) is 3. The Morgan fingerprint density at radius 1 is 1.23 bits per heavy atom. The van der Waals surface area contributed by atoms with E-state index >= 15 is 0 Å². The maximum absolute atomic E-state index is 12.8. The second-order valence-electron chi connectivity index (χ2n) is 6.42. The number of hydrogen-bond donors (Lipinski definition) is 1. The first-order valence-electron chi connectivity index (χ1n) is 8.21. The van der Waals surface area contributed by atoms with Crippen molar-refractivity contribution in [2.24, 2.45) is 0 Å². The molecule has 1 atom stereocenters. The molecule has 1 fully saturated rings. The molecule has 2 aromatic rings. The number of para-hydroxylation sites is 1. The highest BCUT2D eigenvalue weighted by Crippen LogP contribution is 2.44. The average Bonchev–Trinajstić information content (AvgIpc) is 2.79. The van der Waals surface area contributed by atoms with Crippen LogP contribution in [-0.4, -0.2) is 36.1 Å². The van der Waals surface area contributed by atoms with E-state index in [9.17, 15) is 4.79 Å². The normalized spacial score (nSPS) is 25.3. The fourth-order valence-electron chi connectivity index (χ4n) is 4.36. The lowest BCUT2D eigenvalue weighted by Gasteiger charge is -2.43. The predicted molar refractivity (Wildman–Crippen MR) is 85.7 cm³/mol. The number of methoxy groups -OCH3 is 1. The Kier molecular flexibility index (Phi) is 3.22. The van der Waals surface area contributed by atoms with E-state index in [0.29, 0.717) is 0 Å². The number of nitrogens with one attached hydrogen (secondary N) is 1. The first kappa shape index (κ1) is 13.8. The van der Waals surface area contributed by atoms with Gasteiger partial charge in [-0.25, -0.2) is 4.79 Å². The summed E-state index contributed by atoms with van der Waals surface area (Å²) in [5.74, 6) is -0.109. The van der Waals surface area contributed by atoms with Crippen LogP contribution in [-0.2, 0) is 21.5 Å². The molecule has 2 aliphatic rings. The number of aromatic nitrogens is 1. The lowest BCUT2D eigenvalue weighted by Crippen LogP contribution is -2.55. The Morgan fingerprint density at radius 3 is 2.95 bits per heavy atom. The SMILES string of the molecule is COC(=O)C12CCCCCN1CCc1c2[nH]c2ccccc12. The molecule has 1 aromatic heterocycles. The zero-order chi connectivity index (χ0) is 15.2. The second-order valence-corrected chi connectivity index (χ2v) is 6.42. The highest BCUT2D eigenvalue weighted by molar-refractivity contribution is 5.90. The third-order valence-corrected chi connectivity index (χ3v) is 5.39. The first-order chi connectivity index (χ1) is 10.8. The molecular weight excluding hydrogens is 276 g/mol. The van der Waals surface area contributed by atoms with E-state index in [2.05, 4.69) is 28.1 Å². The van der Waals surface area contributed by atoms with Crippen LogP contribution in [0.3, 0.4) is 0 Å². The van der Waals surface area contributed by atoms with Crippen molar-refractivity contribution >= 4 is 16.9 Å².